The molecule has 90 valence electrons. The Kier molecular flexibility index (Phi) is 5.54. The fourth-order valence-corrected chi connectivity index (χ4v) is 2.50. The average molecular weight is 326 g/mol. The monoisotopic (exact) mass is 324 g/mol. The highest BCUT2D eigenvalue weighted by molar-refractivity contribution is 9.10. The quantitative estimate of drug-likeness (QED) is 0.905. The number of halogens is 3. The first-order chi connectivity index (χ1) is 7.15. The predicted molar refractivity (Wildman–Crippen MR) is 74.3 cm³/mol. The van der Waals surface area contributed by atoms with Gasteiger partial charge in [-0.3, -0.25) is 4.90 Å². The zero-order valence-electron chi connectivity index (χ0n) is 8.83. The third-order valence-electron chi connectivity index (χ3n) is 2.71. The third-order valence-corrected chi connectivity index (χ3v) is 3.57. The molecule has 1 fully saturated rings. The molecule has 0 aromatic heterocycles. The van der Waals surface area contributed by atoms with E-state index in [0.29, 0.717) is 6.04 Å². The van der Waals surface area contributed by atoms with Crippen LogP contribution in [-0.4, -0.2) is 24.0 Å². The molecule has 1 atom stereocenters. The molecule has 1 aliphatic heterocycles. The third kappa shape index (κ3) is 3.60. The number of nitrogens with two attached hydrogens (primary N) is 1. The summed E-state index contributed by atoms with van der Waals surface area (Å²) in [5.74, 6) is 0. The van der Waals surface area contributed by atoms with Gasteiger partial charge >= 0.3 is 0 Å². The molecule has 16 heavy (non-hydrogen) atoms. The van der Waals surface area contributed by atoms with Crippen LogP contribution in [-0.2, 0) is 6.54 Å². The number of hydrogen-bond donors (Lipinski definition) is 1. The molecule has 0 spiro atoms. The highest BCUT2D eigenvalue weighted by Gasteiger charge is 2.19. The molecular weight excluding hydrogens is 311 g/mol. The van der Waals surface area contributed by atoms with E-state index in [1.54, 1.807) is 0 Å². The molecule has 1 aliphatic rings. The van der Waals surface area contributed by atoms with Gasteiger partial charge in [-0.05, 0) is 30.2 Å². The largest absolute Gasteiger partial charge is 0.326 e. The van der Waals surface area contributed by atoms with Crippen molar-refractivity contribution in [1.82, 2.24) is 4.90 Å². The van der Waals surface area contributed by atoms with Gasteiger partial charge < -0.3 is 5.73 Å². The second-order valence-electron chi connectivity index (χ2n) is 4.02. The molecule has 1 heterocycles. The maximum atomic E-state index is 6.13. The first-order valence-corrected chi connectivity index (χ1v) is 6.24. The van der Waals surface area contributed by atoms with Crippen molar-refractivity contribution in [2.75, 3.05) is 13.1 Å². The minimum absolute atomic E-state index is 0. The van der Waals surface area contributed by atoms with Crippen molar-refractivity contribution < 1.29 is 0 Å². The Bertz CT molecular complexity index is 360. The molecule has 1 aromatic carbocycles. The Labute approximate surface area is 116 Å². The Hall–Kier alpha value is 0.200. The van der Waals surface area contributed by atoms with E-state index in [1.165, 1.54) is 5.56 Å². The van der Waals surface area contributed by atoms with Gasteiger partial charge in [0.2, 0.25) is 0 Å². The van der Waals surface area contributed by atoms with E-state index in [-0.39, 0.29) is 12.4 Å². The summed E-state index contributed by atoms with van der Waals surface area (Å²) in [6.07, 6.45) is 1.09. The minimum Gasteiger partial charge on any atom is -0.326 e. The van der Waals surface area contributed by atoms with Crippen LogP contribution in [0.25, 0.3) is 0 Å². The predicted octanol–water partition coefficient (Wildman–Crippen LogP) is 3.06. The summed E-state index contributed by atoms with van der Waals surface area (Å²) in [7, 11) is 0. The molecule has 0 amide bonds. The summed E-state index contributed by atoms with van der Waals surface area (Å²) in [6, 6.07) is 6.29. The maximum Gasteiger partial charge on any atom is 0.0451 e. The number of benzene rings is 1. The Morgan fingerprint density at radius 2 is 2.25 bits per heavy atom. The first-order valence-electron chi connectivity index (χ1n) is 5.07. The molecule has 0 saturated carbocycles. The average Bonchev–Trinajstić information content (AvgIpc) is 2.58. The van der Waals surface area contributed by atoms with Crippen LogP contribution in [0.4, 0.5) is 0 Å². The van der Waals surface area contributed by atoms with Crippen LogP contribution >= 0.6 is 39.9 Å². The normalized spacial score (nSPS) is 20.8. The van der Waals surface area contributed by atoms with Crippen LogP contribution in [0.5, 0.6) is 0 Å². The summed E-state index contributed by atoms with van der Waals surface area (Å²) in [5, 5.41) is 0.832. The zero-order valence-corrected chi connectivity index (χ0v) is 12.0. The molecule has 2 rings (SSSR count). The van der Waals surface area contributed by atoms with Crippen molar-refractivity contribution in [3.8, 4) is 0 Å². The van der Waals surface area contributed by atoms with Gasteiger partial charge in [0.1, 0.15) is 0 Å². The second kappa shape index (κ2) is 6.22. The van der Waals surface area contributed by atoms with E-state index in [2.05, 4.69) is 26.9 Å². The topological polar surface area (TPSA) is 29.3 Å². The van der Waals surface area contributed by atoms with Gasteiger partial charge in [0, 0.05) is 35.2 Å². The molecule has 0 aliphatic carbocycles. The first kappa shape index (κ1) is 14.3. The lowest BCUT2D eigenvalue weighted by Gasteiger charge is -2.16. The van der Waals surface area contributed by atoms with Crippen molar-refractivity contribution in [3.05, 3.63) is 33.3 Å². The standard InChI is InChI=1S/C11H14BrClN2.ClH/c12-9-1-2-11(13)8(5-9)6-15-4-3-10(14)7-15;/h1-2,5,10H,3-4,6-7,14H2;1H/t10-;/m1./s1. The molecule has 1 aromatic rings. The van der Waals surface area contributed by atoms with Crippen molar-refractivity contribution >= 4 is 39.9 Å². The van der Waals surface area contributed by atoms with Gasteiger partial charge in [-0.15, -0.1) is 12.4 Å². The van der Waals surface area contributed by atoms with Crippen LogP contribution in [0.1, 0.15) is 12.0 Å². The van der Waals surface area contributed by atoms with E-state index in [0.717, 1.165) is 35.6 Å². The molecule has 0 radical (unpaired) electrons. The lowest BCUT2D eigenvalue weighted by Crippen LogP contribution is -2.26. The SMILES string of the molecule is Cl.N[C@@H]1CCN(Cc2cc(Br)ccc2Cl)C1. The maximum absolute atomic E-state index is 6.13. The van der Waals surface area contributed by atoms with Gasteiger partial charge in [-0.1, -0.05) is 27.5 Å². The fraction of sp³-hybridized carbons (Fsp3) is 0.455. The molecule has 0 bridgehead atoms. The van der Waals surface area contributed by atoms with E-state index in [9.17, 15) is 0 Å². The lowest BCUT2D eigenvalue weighted by atomic mass is 10.2. The smallest absolute Gasteiger partial charge is 0.0451 e. The van der Waals surface area contributed by atoms with Crippen LogP contribution in [0.3, 0.4) is 0 Å². The molecular formula is C11H15BrCl2N2. The number of rotatable bonds is 2. The molecule has 5 heteroatoms. The van der Waals surface area contributed by atoms with Crippen LogP contribution in [0, 0.1) is 0 Å². The summed E-state index contributed by atoms with van der Waals surface area (Å²) in [6.45, 7) is 2.94. The molecule has 2 nitrogen and oxygen atoms in total. The van der Waals surface area contributed by atoms with E-state index >= 15 is 0 Å². The highest BCUT2D eigenvalue weighted by Crippen LogP contribution is 2.23. The second-order valence-corrected chi connectivity index (χ2v) is 5.34. The molecule has 2 N–H and O–H groups in total. The molecule has 0 unspecified atom stereocenters. The van der Waals surface area contributed by atoms with Crippen LogP contribution < -0.4 is 5.73 Å². The van der Waals surface area contributed by atoms with E-state index in [1.807, 2.05) is 12.1 Å². The summed E-state index contributed by atoms with van der Waals surface area (Å²) in [5.41, 5.74) is 7.03. The zero-order chi connectivity index (χ0) is 10.8. The highest BCUT2D eigenvalue weighted by atomic mass is 79.9. The van der Waals surface area contributed by atoms with Crippen LogP contribution in [0.2, 0.25) is 5.02 Å². The summed E-state index contributed by atoms with van der Waals surface area (Å²) in [4.78, 5) is 2.35. The Morgan fingerprint density at radius 1 is 1.50 bits per heavy atom. The molecule has 1 saturated heterocycles. The van der Waals surface area contributed by atoms with Crippen molar-refractivity contribution in [1.29, 1.82) is 0 Å². The van der Waals surface area contributed by atoms with Gasteiger partial charge in [-0.2, -0.15) is 0 Å². The van der Waals surface area contributed by atoms with Gasteiger partial charge in [-0.25, -0.2) is 0 Å². The van der Waals surface area contributed by atoms with Crippen molar-refractivity contribution in [3.63, 3.8) is 0 Å². The number of nitrogens with zero attached hydrogens (tertiary/aromatic N) is 1. The summed E-state index contributed by atoms with van der Waals surface area (Å²) < 4.78 is 1.07. The van der Waals surface area contributed by atoms with Crippen molar-refractivity contribution in [2.24, 2.45) is 5.73 Å². The van der Waals surface area contributed by atoms with Crippen LogP contribution in [0.15, 0.2) is 22.7 Å². The van der Waals surface area contributed by atoms with Gasteiger partial charge in [0.05, 0.1) is 0 Å². The summed E-state index contributed by atoms with van der Waals surface area (Å²) >= 11 is 9.59. The number of hydrogen-bond acceptors (Lipinski definition) is 2. The van der Waals surface area contributed by atoms with Gasteiger partial charge in [0.25, 0.3) is 0 Å². The minimum atomic E-state index is 0. The fourth-order valence-electron chi connectivity index (χ4n) is 1.91. The number of likely N-dealkylation sites (tertiary alicyclic amines) is 1. The van der Waals surface area contributed by atoms with Crippen molar-refractivity contribution in [2.45, 2.75) is 19.0 Å². The van der Waals surface area contributed by atoms with E-state index < -0.39 is 0 Å². The lowest BCUT2D eigenvalue weighted by molar-refractivity contribution is 0.327. The van der Waals surface area contributed by atoms with E-state index in [4.69, 9.17) is 17.3 Å². The van der Waals surface area contributed by atoms with Gasteiger partial charge in [0.15, 0.2) is 0 Å². The Balaban J connectivity index is 0.00000128. The Morgan fingerprint density at radius 3 is 2.88 bits per heavy atom.